The Kier molecular flexibility index (Phi) is 42.4. The third-order valence-electron chi connectivity index (χ3n) is 8.95. The van der Waals surface area contributed by atoms with E-state index in [-0.39, 0.29) is 19.6 Å². The van der Waals surface area contributed by atoms with E-state index in [0.29, 0.717) is 26.4 Å². The zero-order chi connectivity index (χ0) is 32.0. The summed E-state index contributed by atoms with van der Waals surface area (Å²) in [6.07, 6.45) is 39.6. The normalized spacial score (nSPS) is 11.8. The average molecular weight is 642 g/mol. The largest absolute Gasteiger partial charge is 0.446 e. The Bertz CT molecular complexity index is 544. The van der Waals surface area contributed by atoms with Crippen LogP contribution < -0.4 is 5.32 Å². The van der Waals surface area contributed by atoms with Crippen LogP contribution in [-0.2, 0) is 14.2 Å². The lowest BCUT2D eigenvalue weighted by Crippen LogP contribution is -2.30. The van der Waals surface area contributed by atoms with Gasteiger partial charge in [0.05, 0.1) is 13.2 Å². The molecular weight excluding hydrogens is 558 g/mol. The molecule has 0 fully saturated rings. The molecular formula is C40H83NO4. The summed E-state index contributed by atoms with van der Waals surface area (Å²) in [4.78, 5) is 12.5. The summed E-state index contributed by atoms with van der Waals surface area (Å²) in [7, 11) is 1.67. The van der Waals surface area contributed by atoms with Crippen molar-refractivity contribution in [3.63, 3.8) is 0 Å². The number of unbranched alkanes of at least 4 members (excludes halogenated alkanes) is 25. The molecule has 0 aliphatic rings. The number of nitrogens with one attached hydrogen (secondary N) is 1. The van der Waals surface area contributed by atoms with Gasteiger partial charge in [-0.2, -0.15) is 0 Å². The molecule has 5 heteroatoms. The first-order valence-corrected chi connectivity index (χ1v) is 19.8. The number of methoxy groups -OCH3 is 1. The van der Waals surface area contributed by atoms with Crippen molar-refractivity contribution < 1.29 is 19.0 Å². The molecule has 0 saturated heterocycles. The second-order valence-electron chi connectivity index (χ2n) is 13.3. The highest BCUT2D eigenvalue weighted by Crippen LogP contribution is 2.18. The van der Waals surface area contributed by atoms with E-state index < -0.39 is 0 Å². The molecule has 5 nitrogen and oxygen atoms in total. The Morgan fingerprint density at radius 1 is 0.489 bits per heavy atom. The van der Waals surface area contributed by atoms with Gasteiger partial charge >= 0.3 is 6.09 Å². The van der Waals surface area contributed by atoms with Crippen molar-refractivity contribution in [2.45, 2.75) is 220 Å². The molecule has 0 rings (SSSR count). The minimum atomic E-state index is -0.258. The molecule has 45 heavy (non-hydrogen) atoms. The molecule has 0 aromatic carbocycles. The van der Waals surface area contributed by atoms with Crippen LogP contribution in [0.25, 0.3) is 0 Å². The second-order valence-corrected chi connectivity index (χ2v) is 13.3. The predicted molar refractivity (Wildman–Crippen MR) is 198 cm³/mol. The molecule has 0 aromatic heterocycles. The summed E-state index contributed by atoms with van der Waals surface area (Å²) in [5, 5.41) is 2.93. The Hall–Kier alpha value is -0.810. The van der Waals surface area contributed by atoms with Crippen LogP contribution in [0.3, 0.4) is 0 Å². The van der Waals surface area contributed by atoms with Crippen molar-refractivity contribution in [3.8, 4) is 0 Å². The third-order valence-corrected chi connectivity index (χ3v) is 8.95. The number of hydrogen-bond donors (Lipinski definition) is 1. The standard InChI is InChI=1S/C39H79NO4.CH4/c1-4-6-8-10-12-14-16-17-18-19-20-21-22-24-26-28-30-33-38(32-29-27-25-23-15-13-11-9-7-5-2)44-39(41)40-34-31-35-43-37-36-42-3;/h38H,4-37H2,1-3H3,(H,40,41);1H4. The molecule has 0 heterocycles. The van der Waals surface area contributed by atoms with E-state index in [1.54, 1.807) is 7.11 Å². The Morgan fingerprint density at radius 2 is 0.844 bits per heavy atom. The minimum absolute atomic E-state index is 0. The molecule has 1 N–H and O–H groups in total. The quantitative estimate of drug-likeness (QED) is 0.0686. The highest BCUT2D eigenvalue weighted by molar-refractivity contribution is 5.67. The average Bonchev–Trinajstić information content (AvgIpc) is 3.02. The van der Waals surface area contributed by atoms with Crippen LogP contribution in [0, 0.1) is 0 Å². The molecule has 1 amide bonds. The van der Waals surface area contributed by atoms with Crippen LogP contribution in [0.4, 0.5) is 4.79 Å². The lowest BCUT2D eigenvalue weighted by Gasteiger charge is -2.18. The summed E-state index contributed by atoms with van der Waals surface area (Å²) in [6.45, 7) is 7.00. The topological polar surface area (TPSA) is 56.8 Å². The number of alkyl carbamates (subject to hydrolysis) is 1. The van der Waals surface area contributed by atoms with Gasteiger partial charge in [0, 0.05) is 20.3 Å². The molecule has 0 bridgehead atoms. The molecule has 0 saturated carbocycles. The third kappa shape index (κ3) is 39.3. The van der Waals surface area contributed by atoms with E-state index in [1.165, 1.54) is 173 Å². The van der Waals surface area contributed by atoms with Crippen LogP contribution >= 0.6 is 0 Å². The summed E-state index contributed by atoms with van der Waals surface area (Å²) in [5.41, 5.74) is 0. The maximum atomic E-state index is 12.5. The number of amides is 1. The summed E-state index contributed by atoms with van der Waals surface area (Å²) < 4.78 is 16.4. The van der Waals surface area contributed by atoms with Gasteiger partial charge in [0.2, 0.25) is 0 Å². The van der Waals surface area contributed by atoms with E-state index in [9.17, 15) is 4.79 Å². The number of carbonyl (C=O) groups is 1. The molecule has 272 valence electrons. The fourth-order valence-electron chi connectivity index (χ4n) is 6.02. The molecule has 1 atom stereocenters. The van der Waals surface area contributed by atoms with E-state index in [4.69, 9.17) is 14.2 Å². The first-order chi connectivity index (χ1) is 21.7. The maximum Gasteiger partial charge on any atom is 0.407 e. The molecule has 0 aliphatic carbocycles. The van der Waals surface area contributed by atoms with Gasteiger partial charge in [-0.1, -0.05) is 182 Å². The van der Waals surface area contributed by atoms with Crippen molar-refractivity contribution in [2.24, 2.45) is 0 Å². The van der Waals surface area contributed by atoms with Crippen molar-refractivity contribution in [1.29, 1.82) is 0 Å². The smallest absolute Gasteiger partial charge is 0.407 e. The molecule has 0 spiro atoms. The minimum Gasteiger partial charge on any atom is -0.446 e. The van der Waals surface area contributed by atoms with E-state index >= 15 is 0 Å². The molecule has 0 aliphatic heterocycles. The van der Waals surface area contributed by atoms with Crippen molar-refractivity contribution >= 4 is 6.09 Å². The van der Waals surface area contributed by atoms with Gasteiger partial charge in [0.1, 0.15) is 6.10 Å². The molecule has 0 aromatic rings. The number of ether oxygens (including phenoxy) is 3. The monoisotopic (exact) mass is 642 g/mol. The SMILES string of the molecule is C.CCCCCCCCCCCCCCCCCCCC(CCCCCCCCCCCC)OC(=O)NCCCOCCOC. The Labute approximate surface area is 283 Å². The van der Waals surface area contributed by atoms with Gasteiger partial charge in [-0.15, -0.1) is 0 Å². The zero-order valence-corrected chi connectivity index (χ0v) is 30.3. The van der Waals surface area contributed by atoms with E-state index in [1.807, 2.05) is 0 Å². The van der Waals surface area contributed by atoms with Gasteiger partial charge in [-0.25, -0.2) is 4.79 Å². The number of carbonyl (C=O) groups excluding carboxylic acids is 1. The van der Waals surface area contributed by atoms with E-state index in [2.05, 4.69) is 19.2 Å². The zero-order valence-electron chi connectivity index (χ0n) is 30.3. The number of rotatable bonds is 37. The van der Waals surface area contributed by atoms with Crippen LogP contribution in [0.5, 0.6) is 0 Å². The summed E-state index contributed by atoms with van der Waals surface area (Å²) >= 11 is 0. The Balaban J connectivity index is 0. The Morgan fingerprint density at radius 3 is 1.20 bits per heavy atom. The van der Waals surface area contributed by atoms with Crippen LogP contribution in [0.2, 0.25) is 0 Å². The van der Waals surface area contributed by atoms with Crippen molar-refractivity contribution in [3.05, 3.63) is 0 Å². The lowest BCUT2D eigenvalue weighted by atomic mass is 10.0. The highest BCUT2D eigenvalue weighted by Gasteiger charge is 2.14. The van der Waals surface area contributed by atoms with Crippen molar-refractivity contribution in [1.82, 2.24) is 5.32 Å². The lowest BCUT2D eigenvalue weighted by molar-refractivity contribution is 0.0670. The van der Waals surface area contributed by atoms with Gasteiger partial charge < -0.3 is 19.5 Å². The van der Waals surface area contributed by atoms with Crippen molar-refractivity contribution in [2.75, 3.05) is 33.5 Å². The van der Waals surface area contributed by atoms with Gasteiger partial charge in [0.25, 0.3) is 0 Å². The summed E-state index contributed by atoms with van der Waals surface area (Å²) in [5.74, 6) is 0. The predicted octanol–water partition coefficient (Wildman–Crippen LogP) is 13.1. The summed E-state index contributed by atoms with van der Waals surface area (Å²) in [6, 6.07) is 0. The first kappa shape index (κ1) is 46.3. The second kappa shape index (κ2) is 41.2. The highest BCUT2D eigenvalue weighted by atomic mass is 16.6. The van der Waals surface area contributed by atoms with E-state index in [0.717, 1.165) is 19.3 Å². The fourth-order valence-corrected chi connectivity index (χ4v) is 6.02. The van der Waals surface area contributed by atoms with Crippen LogP contribution in [0.15, 0.2) is 0 Å². The molecule has 1 unspecified atom stereocenters. The van der Waals surface area contributed by atoms with Gasteiger partial charge in [0.15, 0.2) is 0 Å². The fraction of sp³-hybridized carbons (Fsp3) is 0.975. The first-order valence-electron chi connectivity index (χ1n) is 19.8. The number of hydrogen-bond acceptors (Lipinski definition) is 4. The van der Waals surface area contributed by atoms with Gasteiger partial charge in [-0.3, -0.25) is 0 Å². The molecule has 0 radical (unpaired) electrons. The van der Waals surface area contributed by atoms with Crippen LogP contribution in [-0.4, -0.2) is 45.7 Å². The van der Waals surface area contributed by atoms with Gasteiger partial charge in [-0.05, 0) is 32.1 Å². The maximum absolute atomic E-state index is 12.5. The van der Waals surface area contributed by atoms with Crippen LogP contribution in [0.1, 0.15) is 214 Å².